The molecule has 0 unspecified atom stereocenters. The summed E-state index contributed by atoms with van der Waals surface area (Å²) in [6, 6.07) is 7.14. The number of hydrogen-bond acceptors (Lipinski definition) is 5. The van der Waals surface area contributed by atoms with Gasteiger partial charge in [-0.05, 0) is 12.5 Å². The second-order valence-corrected chi connectivity index (χ2v) is 3.96. The molecule has 0 fully saturated rings. The van der Waals surface area contributed by atoms with Crippen LogP contribution in [0.4, 0.5) is 0 Å². The molecule has 2 aromatic rings. The highest BCUT2D eigenvalue weighted by atomic mass is 16.5. The zero-order valence-electron chi connectivity index (χ0n) is 10.9. The maximum absolute atomic E-state index is 11.7. The van der Waals surface area contributed by atoms with Crippen molar-refractivity contribution in [2.75, 3.05) is 13.2 Å². The van der Waals surface area contributed by atoms with Crippen LogP contribution in [0, 0.1) is 0 Å². The average molecular weight is 265 g/mol. The predicted octanol–water partition coefficient (Wildman–Crippen LogP) is 2.06. The van der Waals surface area contributed by atoms with Crippen LogP contribution in [0.15, 0.2) is 28.7 Å². The Morgan fingerprint density at radius 3 is 2.58 bits per heavy atom. The fourth-order valence-electron chi connectivity index (χ4n) is 1.65. The lowest BCUT2D eigenvalue weighted by atomic mass is 10.1. The highest BCUT2D eigenvalue weighted by Crippen LogP contribution is 2.31. The van der Waals surface area contributed by atoms with Gasteiger partial charge in [-0.1, -0.05) is 25.1 Å². The molecule has 0 spiro atoms. The molecule has 0 saturated heterocycles. The van der Waals surface area contributed by atoms with E-state index in [1.807, 2.05) is 13.0 Å². The third-order valence-corrected chi connectivity index (χ3v) is 2.46. The van der Waals surface area contributed by atoms with Gasteiger partial charge in [0.1, 0.15) is 11.1 Å². The van der Waals surface area contributed by atoms with Crippen molar-refractivity contribution in [3.8, 4) is 5.95 Å². The molecule has 5 nitrogen and oxygen atoms in total. The Morgan fingerprint density at radius 1 is 1.37 bits per heavy atom. The van der Waals surface area contributed by atoms with Crippen molar-refractivity contribution in [2.45, 2.75) is 19.8 Å². The van der Waals surface area contributed by atoms with E-state index in [2.05, 4.69) is 0 Å². The van der Waals surface area contributed by atoms with E-state index in [0.29, 0.717) is 29.5 Å². The van der Waals surface area contributed by atoms with Gasteiger partial charge < -0.3 is 20.4 Å². The molecule has 0 amide bonds. The number of aromatic hydroxyl groups is 1. The summed E-state index contributed by atoms with van der Waals surface area (Å²) in [5.74, 6) is -0.338. The minimum Gasteiger partial charge on any atom is -0.480 e. The molecule has 5 heteroatoms. The Morgan fingerprint density at radius 2 is 2.00 bits per heavy atom. The highest BCUT2D eigenvalue weighted by molar-refractivity contribution is 6.09. The van der Waals surface area contributed by atoms with Gasteiger partial charge in [0.25, 0.3) is 5.95 Å². The normalized spacial score (nSPS) is 10.1. The van der Waals surface area contributed by atoms with E-state index >= 15 is 0 Å². The lowest BCUT2D eigenvalue weighted by Crippen LogP contribution is -2.02. The summed E-state index contributed by atoms with van der Waals surface area (Å²) < 4.78 is 5.10. The fourth-order valence-corrected chi connectivity index (χ4v) is 1.65. The topological polar surface area (TPSA) is 96.7 Å². The van der Waals surface area contributed by atoms with Crippen LogP contribution >= 0.6 is 0 Å². The van der Waals surface area contributed by atoms with Gasteiger partial charge >= 0.3 is 0 Å². The number of carbonyl (C=O) groups excluding carboxylic acids is 1. The van der Waals surface area contributed by atoms with Crippen LogP contribution in [0.2, 0.25) is 0 Å². The van der Waals surface area contributed by atoms with Gasteiger partial charge in [-0.25, -0.2) is 0 Å². The van der Waals surface area contributed by atoms with Crippen molar-refractivity contribution in [2.24, 2.45) is 5.73 Å². The van der Waals surface area contributed by atoms with Gasteiger partial charge in [0.15, 0.2) is 5.78 Å². The number of Topliss-reactive ketones (excluding diaryl/α,β-unsaturated/α-hetero) is 1. The van der Waals surface area contributed by atoms with Gasteiger partial charge in [0.2, 0.25) is 0 Å². The average Bonchev–Trinajstić information content (AvgIpc) is 2.75. The van der Waals surface area contributed by atoms with Crippen LogP contribution in [0.1, 0.15) is 30.1 Å². The molecule has 0 saturated carbocycles. The summed E-state index contributed by atoms with van der Waals surface area (Å²) in [7, 11) is 0. The molecule has 0 aliphatic carbocycles. The molecule has 2 rings (SSSR count). The monoisotopic (exact) mass is 265 g/mol. The van der Waals surface area contributed by atoms with E-state index < -0.39 is 0 Å². The van der Waals surface area contributed by atoms with E-state index in [9.17, 15) is 9.90 Å². The molecule has 4 N–H and O–H groups in total. The third kappa shape index (κ3) is 3.81. The Balaban J connectivity index is 0.000000399. The van der Waals surface area contributed by atoms with Crippen LogP contribution in [0.25, 0.3) is 11.0 Å². The predicted molar refractivity (Wildman–Crippen MR) is 73.3 cm³/mol. The van der Waals surface area contributed by atoms with Crippen molar-refractivity contribution in [1.29, 1.82) is 0 Å². The number of benzene rings is 1. The van der Waals surface area contributed by atoms with Crippen LogP contribution in [-0.2, 0) is 0 Å². The maximum atomic E-state index is 11.7. The van der Waals surface area contributed by atoms with E-state index in [4.69, 9.17) is 15.3 Å². The van der Waals surface area contributed by atoms with Gasteiger partial charge in [-0.3, -0.25) is 4.79 Å². The molecule has 1 heterocycles. The van der Waals surface area contributed by atoms with Crippen LogP contribution in [0.5, 0.6) is 5.95 Å². The molecule has 19 heavy (non-hydrogen) atoms. The summed E-state index contributed by atoms with van der Waals surface area (Å²) in [5, 5.41) is 18.0. The smallest absolute Gasteiger partial charge is 0.294 e. The zero-order chi connectivity index (χ0) is 14.3. The second-order valence-electron chi connectivity index (χ2n) is 3.96. The number of aliphatic hydroxyl groups is 1. The van der Waals surface area contributed by atoms with Gasteiger partial charge in [-0.15, -0.1) is 0 Å². The molecule has 104 valence electrons. The molecule has 1 aromatic carbocycles. The molecular formula is C14H19NO4. The third-order valence-electron chi connectivity index (χ3n) is 2.46. The summed E-state index contributed by atoms with van der Waals surface area (Å²) in [5.41, 5.74) is 5.64. The Bertz CT molecular complexity index is 531. The first kappa shape index (κ1) is 15.2. The molecule has 0 bridgehead atoms. The minimum absolute atomic E-state index is 0.0695. The summed E-state index contributed by atoms with van der Waals surface area (Å²) in [6.07, 6.45) is 1.19. The molecule has 1 aromatic heterocycles. The van der Waals surface area contributed by atoms with Crippen LogP contribution in [-0.4, -0.2) is 29.1 Å². The maximum Gasteiger partial charge on any atom is 0.294 e. The Kier molecular flexibility index (Phi) is 6.05. The highest BCUT2D eigenvalue weighted by Gasteiger charge is 2.18. The van der Waals surface area contributed by atoms with E-state index in [0.717, 1.165) is 6.42 Å². The van der Waals surface area contributed by atoms with Crippen molar-refractivity contribution in [1.82, 2.24) is 0 Å². The second kappa shape index (κ2) is 7.56. The molecule has 0 atom stereocenters. The summed E-state index contributed by atoms with van der Waals surface area (Å²) in [4.78, 5) is 11.7. The number of fused-ring (bicyclic) bond motifs is 1. The quantitative estimate of drug-likeness (QED) is 0.735. The summed E-state index contributed by atoms with van der Waals surface area (Å²) in [6.45, 7) is 2.40. The van der Waals surface area contributed by atoms with Crippen molar-refractivity contribution in [3.63, 3.8) is 0 Å². The number of aliphatic hydroxyl groups excluding tert-OH is 1. The zero-order valence-corrected chi connectivity index (χ0v) is 10.9. The van der Waals surface area contributed by atoms with Crippen molar-refractivity contribution >= 4 is 16.8 Å². The van der Waals surface area contributed by atoms with E-state index in [-0.39, 0.29) is 18.3 Å². The number of ketones is 1. The number of para-hydroxylation sites is 1. The Labute approximate surface area is 111 Å². The fraction of sp³-hybridized carbons (Fsp3) is 0.357. The SMILES string of the molecule is CCCC(=O)c1c(O)oc2ccccc12.NCCO. The number of furan rings is 1. The molecule has 0 radical (unpaired) electrons. The lowest BCUT2D eigenvalue weighted by Gasteiger charge is -1.95. The van der Waals surface area contributed by atoms with Gasteiger partial charge in [0.05, 0.1) is 6.61 Å². The molecule has 0 aliphatic heterocycles. The van der Waals surface area contributed by atoms with Crippen molar-refractivity contribution < 1.29 is 19.4 Å². The van der Waals surface area contributed by atoms with E-state index in [1.54, 1.807) is 18.2 Å². The number of carbonyl (C=O) groups is 1. The van der Waals surface area contributed by atoms with Gasteiger partial charge in [0, 0.05) is 18.4 Å². The molecular weight excluding hydrogens is 246 g/mol. The molecule has 0 aliphatic rings. The first-order valence-electron chi connectivity index (χ1n) is 6.20. The number of rotatable bonds is 4. The first-order valence-corrected chi connectivity index (χ1v) is 6.20. The lowest BCUT2D eigenvalue weighted by molar-refractivity contribution is 0.0978. The standard InChI is InChI=1S/C12H12O3.C2H7NO/c1-2-5-9(13)11-8-6-3-4-7-10(8)15-12(11)14;3-1-2-4/h3-4,6-7,14H,2,5H2,1H3;4H,1-3H2. The van der Waals surface area contributed by atoms with Crippen LogP contribution in [0.3, 0.4) is 0 Å². The van der Waals surface area contributed by atoms with E-state index in [1.165, 1.54) is 0 Å². The van der Waals surface area contributed by atoms with Crippen molar-refractivity contribution in [3.05, 3.63) is 29.8 Å². The minimum atomic E-state index is -0.269. The number of nitrogens with two attached hydrogens (primary N) is 1. The summed E-state index contributed by atoms with van der Waals surface area (Å²) >= 11 is 0. The van der Waals surface area contributed by atoms with Crippen LogP contribution < -0.4 is 5.73 Å². The Hall–Kier alpha value is -1.85. The van der Waals surface area contributed by atoms with Gasteiger partial charge in [-0.2, -0.15) is 0 Å². The first-order chi connectivity index (χ1) is 9.15. The number of hydrogen-bond donors (Lipinski definition) is 3. The largest absolute Gasteiger partial charge is 0.480 e.